The number of halogens is 1. The predicted octanol–water partition coefficient (Wildman–Crippen LogP) is 2.54. The second-order valence-electron chi connectivity index (χ2n) is 4.62. The number of carboxylic acid groups (broad SMARTS) is 1. The van der Waals surface area contributed by atoms with E-state index in [1.165, 1.54) is 10.7 Å². The van der Waals surface area contributed by atoms with Crippen LogP contribution in [0.2, 0.25) is 0 Å². The summed E-state index contributed by atoms with van der Waals surface area (Å²) < 4.78 is 15.2. The van der Waals surface area contributed by atoms with Gasteiger partial charge in [0.1, 0.15) is 17.3 Å². The van der Waals surface area contributed by atoms with Gasteiger partial charge in [0.2, 0.25) is 0 Å². The minimum Gasteiger partial charge on any atom is -0.475 e. The maximum absolute atomic E-state index is 14.0. The Bertz CT molecular complexity index is 635. The molecule has 0 aliphatic carbocycles. The summed E-state index contributed by atoms with van der Waals surface area (Å²) in [6.07, 6.45) is 0. The van der Waals surface area contributed by atoms with Crippen LogP contribution in [0, 0.1) is 12.7 Å². The average molecular weight is 263 g/mol. The number of aryl methyl sites for hydroxylation is 1. The molecule has 0 fully saturated rings. The van der Waals surface area contributed by atoms with Crippen LogP contribution in [0.5, 0.6) is 0 Å². The van der Waals surface area contributed by atoms with Gasteiger partial charge in [-0.05, 0) is 24.6 Å². The fourth-order valence-corrected chi connectivity index (χ4v) is 1.75. The van der Waals surface area contributed by atoms with Crippen molar-refractivity contribution < 1.29 is 14.3 Å². The number of hydrogen-bond donors (Lipinski definition) is 1. The van der Waals surface area contributed by atoms with Gasteiger partial charge in [-0.15, -0.1) is 5.10 Å². The van der Waals surface area contributed by atoms with E-state index in [-0.39, 0.29) is 17.4 Å². The van der Waals surface area contributed by atoms with Crippen molar-refractivity contribution in [2.45, 2.75) is 26.7 Å². The van der Waals surface area contributed by atoms with Crippen molar-refractivity contribution in [3.8, 4) is 5.69 Å². The molecular formula is C13H14FN3O2. The molecule has 0 saturated heterocycles. The Kier molecular flexibility index (Phi) is 3.33. The molecular weight excluding hydrogens is 249 g/mol. The van der Waals surface area contributed by atoms with Crippen molar-refractivity contribution in [1.29, 1.82) is 0 Å². The highest BCUT2D eigenvalue weighted by Gasteiger charge is 2.20. The van der Waals surface area contributed by atoms with E-state index < -0.39 is 11.8 Å². The van der Waals surface area contributed by atoms with E-state index >= 15 is 0 Å². The second-order valence-corrected chi connectivity index (χ2v) is 4.62. The molecule has 2 aromatic rings. The fourth-order valence-electron chi connectivity index (χ4n) is 1.75. The molecule has 1 aromatic heterocycles. The first kappa shape index (κ1) is 13.2. The zero-order valence-corrected chi connectivity index (χ0v) is 10.9. The Labute approximate surface area is 109 Å². The third-order valence-electron chi connectivity index (χ3n) is 2.67. The molecule has 0 bridgehead atoms. The molecule has 0 spiro atoms. The molecule has 0 saturated carbocycles. The third-order valence-corrected chi connectivity index (χ3v) is 2.67. The molecule has 0 radical (unpaired) electrons. The van der Waals surface area contributed by atoms with Crippen molar-refractivity contribution in [2.75, 3.05) is 0 Å². The summed E-state index contributed by atoms with van der Waals surface area (Å²) in [4.78, 5) is 14.9. The van der Waals surface area contributed by atoms with Gasteiger partial charge in [-0.25, -0.2) is 18.9 Å². The van der Waals surface area contributed by atoms with E-state index in [1.54, 1.807) is 19.1 Å². The van der Waals surface area contributed by atoms with E-state index in [0.717, 1.165) is 5.56 Å². The molecule has 1 aromatic carbocycles. The van der Waals surface area contributed by atoms with Crippen LogP contribution in [0.25, 0.3) is 5.69 Å². The van der Waals surface area contributed by atoms with Crippen molar-refractivity contribution in [2.24, 2.45) is 0 Å². The average Bonchev–Trinajstić information content (AvgIpc) is 2.73. The van der Waals surface area contributed by atoms with Crippen molar-refractivity contribution in [1.82, 2.24) is 14.8 Å². The zero-order chi connectivity index (χ0) is 14.2. The lowest BCUT2D eigenvalue weighted by molar-refractivity contribution is 0.0683. The zero-order valence-electron chi connectivity index (χ0n) is 10.9. The number of benzene rings is 1. The van der Waals surface area contributed by atoms with Gasteiger partial charge in [-0.1, -0.05) is 19.9 Å². The standard InChI is InChI=1S/C13H14FN3O2/c1-7(2)12-15-11(13(18)19)16-17(12)10-5-4-8(3)6-9(10)14/h4-7H,1-3H3,(H,18,19). The summed E-state index contributed by atoms with van der Waals surface area (Å²) in [5.41, 5.74) is 0.986. The van der Waals surface area contributed by atoms with Crippen LogP contribution in [-0.2, 0) is 0 Å². The number of carboxylic acids is 1. The first-order valence-corrected chi connectivity index (χ1v) is 5.87. The molecule has 0 aliphatic heterocycles. The van der Waals surface area contributed by atoms with Crippen molar-refractivity contribution in [3.63, 3.8) is 0 Å². The van der Waals surface area contributed by atoms with Gasteiger partial charge in [0.05, 0.1) is 0 Å². The van der Waals surface area contributed by atoms with Gasteiger partial charge in [-0.3, -0.25) is 0 Å². The highest BCUT2D eigenvalue weighted by Crippen LogP contribution is 2.20. The summed E-state index contributed by atoms with van der Waals surface area (Å²) in [6.45, 7) is 5.47. The predicted molar refractivity (Wildman–Crippen MR) is 67.1 cm³/mol. The SMILES string of the molecule is Cc1ccc(-n2nc(C(=O)O)nc2C(C)C)c(F)c1. The van der Waals surface area contributed by atoms with E-state index in [2.05, 4.69) is 10.1 Å². The van der Waals surface area contributed by atoms with Crippen LogP contribution < -0.4 is 0 Å². The number of nitrogens with zero attached hydrogens (tertiary/aromatic N) is 3. The minimum absolute atomic E-state index is 0.0682. The highest BCUT2D eigenvalue weighted by molar-refractivity contribution is 5.83. The maximum Gasteiger partial charge on any atom is 0.375 e. The fraction of sp³-hybridized carbons (Fsp3) is 0.308. The smallest absolute Gasteiger partial charge is 0.375 e. The monoisotopic (exact) mass is 263 g/mol. The lowest BCUT2D eigenvalue weighted by Crippen LogP contribution is -2.07. The lowest BCUT2D eigenvalue weighted by atomic mass is 10.2. The van der Waals surface area contributed by atoms with Gasteiger partial charge in [0, 0.05) is 5.92 Å². The molecule has 0 atom stereocenters. The largest absolute Gasteiger partial charge is 0.475 e. The summed E-state index contributed by atoms with van der Waals surface area (Å²) in [5.74, 6) is -1.66. The molecule has 6 heteroatoms. The van der Waals surface area contributed by atoms with Crippen molar-refractivity contribution >= 4 is 5.97 Å². The highest BCUT2D eigenvalue weighted by atomic mass is 19.1. The topological polar surface area (TPSA) is 68.0 Å². The second kappa shape index (κ2) is 4.79. The third kappa shape index (κ3) is 2.47. The quantitative estimate of drug-likeness (QED) is 0.924. The molecule has 2 rings (SSSR count). The van der Waals surface area contributed by atoms with Crippen LogP contribution in [0.15, 0.2) is 18.2 Å². The molecule has 0 aliphatic rings. The summed E-state index contributed by atoms with van der Waals surface area (Å²) in [7, 11) is 0. The Balaban J connectivity index is 2.63. The van der Waals surface area contributed by atoms with E-state index in [0.29, 0.717) is 5.82 Å². The lowest BCUT2D eigenvalue weighted by Gasteiger charge is -2.09. The van der Waals surface area contributed by atoms with Crippen molar-refractivity contribution in [3.05, 3.63) is 41.2 Å². The Morgan fingerprint density at radius 2 is 2.11 bits per heavy atom. The van der Waals surface area contributed by atoms with Gasteiger partial charge in [0.25, 0.3) is 5.82 Å². The minimum atomic E-state index is -1.23. The molecule has 100 valence electrons. The Morgan fingerprint density at radius 3 is 2.63 bits per heavy atom. The molecule has 1 N–H and O–H groups in total. The van der Waals surface area contributed by atoms with Crippen LogP contribution in [0.3, 0.4) is 0 Å². The van der Waals surface area contributed by atoms with Crippen LogP contribution in [0.1, 0.15) is 41.8 Å². The Morgan fingerprint density at radius 1 is 1.42 bits per heavy atom. The number of carbonyl (C=O) groups is 1. The van der Waals surface area contributed by atoms with Gasteiger partial charge in [0.15, 0.2) is 0 Å². The van der Waals surface area contributed by atoms with E-state index in [9.17, 15) is 9.18 Å². The van der Waals surface area contributed by atoms with E-state index in [4.69, 9.17) is 5.11 Å². The van der Waals surface area contributed by atoms with Gasteiger partial charge < -0.3 is 5.11 Å². The number of rotatable bonds is 3. The van der Waals surface area contributed by atoms with E-state index in [1.807, 2.05) is 13.8 Å². The molecule has 19 heavy (non-hydrogen) atoms. The molecule has 0 unspecified atom stereocenters. The number of hydrogen-bond acceptors (Lipinski definition) is 3. The number of aromatic carboxylic acids is 1. The normalized spacial score (nSPS) is 11.0. The maximum atomic E-state index is 14.0. The molecule has 1 heterocycles. The number of aromatic nitrogens is 3. The molecule has 0 amide bonds. The van der Waals surface area contributed by atoms with Gasteiger partial charge >= 0.3 is 5.97 Å². The summed E-state index contributed by atoms with van der Waals surface area (Å²) >= 11 is 0. The van der Waals surface area contributed by atoms with Crippen LogP contribution in [0.4, 0.5) is 4.39 Å². The summed E-state index contributed by atoms with van der Waals surface area (Å²) in [5, 5.41) is 12.8. The van der Waals surface area contributed by atoms with Crippen LogP contribution in [-0.4, -0.2) is 25.8 Å². The van der Waals surface area contributed by atoms with Crippen LogP contribution >= 0.6 is 0 Å². The van der Waals surface area contributed by atoms with Gasteiger partial charge in [-0.2, -0.15) is 0 Å². The molecule has 5 nitrogen and oxygen atoms in total. The summed E-state index contributed by atoms with van der Waals surface area (Å²) in [6, 6.07) is 4.68. The first-order chi connectivity index (χ1) is 8.90. The Hall–Kier alpha value is -2.24. The first-order valence-electron chi connectivity index (χ1n) is 5.87.